The van der Waals surface area contributed by atoms with E-state index in [1.807, 2.05) is 52.1 Å². The van der Waals surface area contributed by atoms with Crippen LogP contribution in [0.15, 0.2) is 36.0 Å². The quantitative estimate of drug-likeness (QED) is 0.202. The van der Waals surface area contributed by atoms with Crippen molar-refractivity contribution < 1.29 is 38.8 Å². The summed E-state index contributed by atoms with van der Waals surface area (Å²) in [6.07, 6.45) is 8.76. The first-order valence-corrected chi connectivity index (χ1v) is 15.5. The molecule has 2 fully saturated rings. The minimum atomic E-state index is -1.29. The van der Waals surface area contributed by atoms with Crippen LogP contribution in [0.3, 0.4) is 0 Å². The number of esters is 1. The third-order valence-corrected chi connectivity index (χ3v) is 8.38. The predicted octanol–water partition coefficient (Wildman–Crippen LogP) is 3.51. The zero-order chi connectivity index (χ0) is 31.6. The normalized spacial score (nSPS) is 31.6. The molecule has 43 heavy (non-hydrogen) atoms. The SMILES string of the molecule is C/C(=C\C=C\[C@@H](C)COC(=O)N1CC[C@@H](O)C1)[C@H]1OC(=O)CCCC[C@](C)(O)[C@@H](OC(=O)N2CCN(C)CC2)/C=C\[C@@H]1C. The minimum absolute atomic E-state index is 0.0466. The number of piperazine rings is 1. The van der Waals surface area contributed by atoms with Gasteiger partial charge in [0.05, 0.1) is 12.7 Å². The van der Waals surface area contributed by atoms with Crippen molar-refractivity contribution >= 4 is 18.2 Å². The molecule has 0 radical (unpaired) electrons. The van der Waals surface area contributed by atoms with Crippen LogP contribution in [0.2, 0.25) is 0 Å². The summed E-state index contributed by atoms with van der Waals surface area (Å²) in [5.74, 6) is -0.606. The number of carbonyl (C=O) groups excluding carboxylic acids is 3. The predicted molar refractivity (Wildman–Crippen MR) is 162 cm³/mol. The van der Waals surface area contributed by atoms with E-state index in [1.54, 1.807) is 17.9 Å². The number of likely N-dealkylation sites (tertiary alicyclic amines) is 1. The number of hydrogen-bond donors (Lipinski definition) is 2. The van der Waals surface area contributed by atoms with Crippen molar-refractivity contribution in [1.29, 1.82) is 0 Å². The molecule has 6 atom stereocenters. The van der Waals surface area contributed by atoms with E-state index in [1.165, 1.54) is 4.90 Å². The zero-order valence-electron chi connectivity index (χ0n) is 26.4. The average Bonchev–Trinajstić information content (AvgIpc) is 3.40. The maximum absolute atomic E-state index is 13.0. The molecule has 242 valence electrons. The summed E-state index contributed by atoms with van der Waals surface area (Å²) in [4.78, 5) is 43.2. The molecule has 0 aromatic rings. The number of carbonyl (C=O) groups is 3. The van der Waals surface area contributed by atoms with Gasteiger partial charge in [-0.05, 0) is 58.2 Å². The Kier molecular flexibility index (Phi) is 13.1. The maximum Gasteiger partial charge on any atom is 0.410 e. The van der Waals surface area contributed by atoms with Crippen LogP contribution in [0.5, 0.6) is 0 Å². The molecular formula is C32H51N3O8. The fraction of sp³-hybridized carbons (Fsp3) is 0.719. The van der Waals surface area contributed by atoms with E-state index >= 15 is 0 Å². The Balaban J connectivity index is 1.66. The molecule has 0 unspecified atom stereocenters. The number of aliphatic hydroxyl groups excluding tert-OH is 1. The number of allylic oxidation sites excluding steroid dienone is 2. The summed E-state index contributed by atoms with van der Waals surface area (Å²) in [5.41, 5.74) is -0.467. The number of rotatable bonds is 6. The summed E-state index contributed by atoms with van der Waals surface area (Å²) in [6, 6.07) is 0. The molecule has 3 heterocycles. The molecule has 0 aliphatic carbocycles. The Morgan fingerprint density at radius 1 is 1.14 bits per heavy atom. The van der Waals surface area contributed by atoms with Crippen molar-refractivity contribution in [2.24, 2.45) is 11.8 Å². The summed E-state index contributed by atoms with van der Waals surface area (Å²) < 4.78 is 17.1. The highest BCUT2D eigenvalue weighted by atomic mass is 16.6. The molecule has 0 bridgehead atoms. The van der Waals surface area contributed by atoms with Gasteiger partial charge in [-0.2, -0.15) is 0 Å². The molecule has 2 N–H and O–H groups in total. The van der Waals surface area contributed by atoms with E-state index < -0.39 is 36.1 Å². The Morgan fingerprint density at radius 3 is 2.53 bits per heavy atom. The lowest BCUT2D eigenvalue weighted by Crippen LogP contribution is -2.50. The summed E-state index contributed by atoms with van der Waals surface area (Å²) in [6.45, 7) is 11.1. The standard InChI is InChI=1S/C32H51N3O8/c1-23(22-41-30(38)35-16-14-26(36)21-35)9-8-10-24(2)29-25(3)12-13-27(32(4,40)15-7-6-11-28(37)43-29)42-31(39)34-19-17-33(5)18-20-34/h8-10,12-13,23,25-27,29,36,40H,6-7,11,14-22H2,1-5H3/b9-8+,13-12-,24-10+/t23-,25+,26-,27+,29-,32+/m1/s1. The van der Waals surface area contributed by atoms with Crippen molar-refractivity contribution in [1.82, 2.24) is 14.7 Å². The highest BCUT2D eigenvalue weighted by Gasteiger charge is 2.35. The van der Waals surface area contributed by atoms with Crippen LogP contribution in [-0.4, -0.2) is 120 Å². The highest BCUT2D eigenvalue weighted by Crippen LogP contribution is 2.27. The zero-order valence-corrected chi connectivity index (χ0v) is 26.4. The topological polar surface area (TPSA) is 129 Å². The smallest absolute Gasteiger partial charge is 0.410 e. The minimum Gasteiger partial charge on any atom is -0.457 e. The van der Waals surface area contributed by atoms with Crippen molar-refractivity contribution in [2.45, 2.75) is 83.7 Å². The average molecular weight is 606 g/mol. The van der Waals surface area contributed by atoms with E-state index in [-0.39, 0.29) is 30.8 Å². The lowest BCUT2D eigenvalue weighted by molar-refractivity contribution is -0.149. The number of likely N-dealkylation sites (N-methyl/N-ethyl adjacent to an activating group) is 1. The van der Waals surface area contributed by atoms with Crippen molar-refractivity contribution in [2.75, 3.05) is 52.9 Å². The third-order valence-electron chi connectivity index (χ3n) is 8.38. The Labute approximate surface area is 256 Å². The maximum atomic E-state index is 13.0. The first kappa shape index (κ1) is 34.6. The first-order valence-electron chi connectivity index (χ1n) is 15.5. The van der Waals surface area contributed by atoms with E-state index in [2.05, 4.69) is 4.90 Å². The number of β-amino-alcohol motifs (C(OH)–C–C–N with tert-alkyl or cyclic N) is 1. The van der Waals surface area contributed by atoms with Gasteiger partial charge in [0.2, 0.25) is 0 Å². The molecule has 2 saturated heterocycles. The van der Waals surface area contributed by atoms with Crippen LogP contribution in [0.4, 0.5) is 9.59 Å². The van der Waals surface area contributed by atoms with E-state index in [4.69, 9.17) is 14.2 Å². The van der Waals surface area contributed by atoms with Crippen LogP contribution in [0.1, 0.15) is 59.8 Å². The molecular weight excluding hydrogens is 554 g/mol. The summed E-state index contributed by atoms with van der Waals surface area (Å²) in [5, 5.41) is 20.9. The van der Waals surface area contributed by atoms with Gasteiger partial charge in [-0.3, -0.25) is 4.79 Å². The third kappa shape index (κ3) is 11.0. The van der Waals surface area contributed by atoms with Gasteiger partial charge in [0.25, 0.3) is 0 Å². The van der Waals surface area contributed by atoms with Crippen molar-refractivity contribution in [3.05, 3.63) is 36.0 Å². The van der Waals surface area contributed by atoms with Crippen LogP contribution in [0, 0.1) is 11.8 Å². The molecule has 3 aliphatic rings. The molecule has 0 saturated carbocycles. The Bertz CT molecular complexity index is 1030. The Morgan fingerprint density at radius 2 is 1.86 bits per heavy atom. The number of nitrogens with zero attached hydrogens (tertiary/aromatic N) is 3. The van der Waals surface area contributed by atoms with Crippen molar-refractivity contribution in [3.8, 4) is 0 Å². The van der Waals surface area contributed by atoms with Crippen LogP contribution in [-0.2, 0) is 19.0 Å². The highest BCUT2D eigenvalue weighted by molar-refractivity contribution is 5.70. The second-order valence-electron chi connectivity index (χ2n) is 12.6. The summed E-state index contributed by atoms with van der Waals surface area (Å²) in [7, 11) is 2.01. The van der Waals surface area contributed by atoms with Gasteiger partial charge in [0.15, 0.2) is 6.10 Å². The number of hydrogen-bond acceptors (Lipinski definition) is 9. The van der Waals surface area contributed by atoms with Gasteiger partial charge in [-0.15, -0.1) is 0 Å². The van der Waals surface area contributed by atoms with Gasteiger partial charge < -0.3 is 39.1 Å². The van der Waals surface area contributed by atoms with Gasteiger partial charge in [-0.1, -0.05) is 38.2 Å². The molecule has 3 rings (SSSR count). The molecule has 11 heteroatoms. The number of aliphatic hydroxyl groups is 2. The lowest BCUT2D eigenvalue weighted by Gasteiger charge is -2.36. The number of cyclic esters (lactones) is 1. The molecule has 11 nitrogen and oxygen atoms in total. The second-order valence-corrected chi connectivity index (χ2v) is 12.6. The van der Waals surface area contributed by atoms with Crippen molar-refractivity contribution in [3.63, 3.8) is 0 Å². The molecule has 2 amide bonds. The van der Waals surface area contributed by atoms with E-state index in [0.717, 1.165) is 18.7 Å². The van der Waals surface area contributed by atoms with Gasteiger partial charge in [-0.25, -0.2) is 9.59 Å². The Hall–Kier alpha value is -2.89. The first-order chi connectivity index (χ1) is 20.4. The lowest BCUT2D eigenvalue weighted by atomic mass is 9.89. The number of ether oxygens (including phenoxy) is 3. The van der Waals surface area contributed by atoms with Gasteiger partial charge >= 0.3 is 18.2 Å². The van der Waals surface area contributed by atoms with Crippen LogP contribution in [0.25, 0.3) is 0 Å². The molecule has 0 aromatic heterocycles. The van der Waals surface area contributed by atoms with Crippen LogP contribution < -0.4 is 0 Å². The molecule has 0 aromatic carbocycles. The second kappa shape index (κ2) is 16.3. The monoisotopic (exact) mass is 605 g/mol. The van der Waals surface area contributed by atoms with Crippen LogP contribution >= 0.6 is 0 Å². The fourth-order valence-electron chi connectivity index (χ4n) is 5.38. The van der Waals surface area contributed by atoms with E-state index in [9.17, 15) is 24.6 Å². The summed E-state index contributed by atoms with van der Waals surface area (Å²) >= 11 is 0. The molecule has 3 aliphatic heterocycles. The molecule has 0 spiro atoms. The van der Waals surface area contributed by atoms with Gasteiger partial charge in [0, 0.05) is 57.5 Å². The largest absolute Gasteiger partial charge is 0.457 e. The fourth-order valence-corrected chi connectivity index (χ4v) is 5.38. The number of amides is 2. The van der Waals surface area contributed by atoms with Gasteiger partial charge in [0.1, 0.15) is 11.7 Å². The van der Waals surface area contributed by atoms with E-state index in [0.29, 0.717) is 51.9 Å².